The number of hydrogen-bond donors (Lipinski definition) is 10. The molecule has 2 aliphatic heterocycles. The molecule has 23 heteroatoms. The number of likely N-dealkylation sites (N-methyl/N-ethyl adjacent to an activating group) is 1. The van der Waals surface area contributed by atoms with Crippen LogP contribution in [0.25, 0.3) is 0 Å². The van der Waals surface area contributed by atoms with Crippen molar-refractivity contribution >= 4 is 59.2 Å². The minimum Gasteiger partial charge on any atom is -0.508 e. The lowest BCUT2D eigenvalue weighted by Gasteiger charge is -2.43. The number of fused-ring (bicyclic) bond motifs is 2. The fraction of sp³-hybridized carbons (Fsp3) is 0.551. The summed E-state index contributed by atoms with van der Waals surface area (Å²) >= 11 is 0. The first-order valence-electron chi connectivity index (χ1n) is 24.2. The fourth-order valence-corrected chi connectivity index (χ4v) is 8.41. The Morgan fingerprint density at radius 3 is 2.12 bits per heavy atom. The van der Waals surface area contributed by atoms with Crippen molar-refractivity contribution in [3.05, 3.63) is 65.7 Å². The van der Waals surface area contributed by atoms with Crippen molar-refractivity contribution in [1.29, 1.82) is 0 Å². The van der Waals surface area contributed by atoms with E-state index in [9.17, 15) is 53.7 Å². The molecule has 2 saturated heterocycles. The Morgan fingerprint density at radius 1 is 0.847 bits per heavy atom. The third kappa shape index (κ3) is 16.7. The number of aliphatic hydroxyl groups excluding tert-OH is 1. The molecule has 0 radical (unpaired) electrons. The number of cyclic esters (lactones) is 1. The number of carboxylic acids is 1. The number of aliphatic carboxylic acids is 1. The number of rotatable bonds is 18. The normalized spacial score (nSPS) is 24.0. The molecular formula is C49H70N10O13. The Hall–Kier alpha value is -7.30. The van der Waals surface area contributed by atoms with E-state index in [-0.39, 0.29) is 63.2 Å². The predicted molar refractivity (Wildman–Crippen MR) is 261 cm³/mol. The molecule has 2 aromatic carbocycles. The van der Waals surface area contributed by atoms with Crippen molar-refractivity contribution in [3.8, 4) is 5.75 Å². The zero-order valence-corrected chi connectivity index (χ0v) is 41.4. The van der Waals surface area contributed by atoms with E-state index in [1.165, 1.54) is 38.2 Å². The van der Waals surface area contributed by atoms with Gasteiger partial charge in [0.05, 0.1) is 6.42 Å². The van der Waals surface area contributed by atoms with Crippen molar-refractivity contribution in [2.24, 2.45) is 22.4 Å². The maximum absolute atomic E-state index is 15.1. The van der Waals surface area contributed by atoms with Crippen LogP contribution in [0.2, 0.25) is 0 Å². The van der Waals surface area contributed by atoms with Crippen LogP contribution in [0.4, 0.5) is 0 Å². The van der Waals surface area contributed by atoms with E-state index in [2.05, 4.69) is 31.6 Å². The average Bonchev–Trinajstić information content (AvgIpc) is 3.32. The summed E-state index contributed by atoms with van der Waals surface area (Å²) < 4.78 is 5.83. The van der Waals surface area contributed by atoms with Crippen LogP contribution in [0, 0.1) is 5.92 Å². The van der Waals surface area contributed by atoms with E-state index in [1.807, 2.05) is 6.92 Å². The Balaban J connectivity index is 1.88. The lowest BCUT2D eigenvalue weighted by Crippen LogP contribution is -2.65. The highest BCUT2D eigenvalue weighted by Gasteiger charge is 2.46. The summed E-state index contributed by atoms with van der Waals surface area (Å²) in [5, 5.41) is 44.1. The number of nitrogens with zero attached hydrogens (tertiary/aromatic N) is 3. The summed E-state index contributed by atoms with van der Waals surface area (Å²) in [6, 6.07) is 3.62. The van der Waals surface area contributed by atoms with Crippen LogP contribution in [-0.2, 0) is 60.7 Å². The number of unbranched alkanes of at least 4 members (excludes halogenated alkanes) is 2. The van der Waals surface area contributed by atoms with Crippen LogP contribution in [-0.4, -0.2) is 153 Å². The topological polar surface area (TPSA) is 355 Å². The number of aliphatic imine (C=N–C) groups is 1. The number of aliphatic hydroxyl groups is 1. The molecule has 4 rings (SSSR count). The number of ether oxygens (including phenoxy) is 1. The van der Waals surface area contributed by atoms with Gasteiger partial charge in [0, 0.05) is 32.9 Å². The molecule has 72 heavy (non-hydrogen) atoms. The minimum atomic E-state index is -1.89. The number of nitrogens with two attached hydrogens (primary N) is 2. The molecule has 394 valence electrons. The van der Waals surface area contributed by atoms with E-state index in [0.29, 0.717) is 24.0 Å². The number of guanidine groups is 1. The molecule has 2 heterocycles. The first-order valence-corrected chi connectivity index (χ1v) is 24.2. The highest BCUT2D eigenvalue weighted by atomic mass is 16.5. The number of phenols is 1. The van der Waals surface area contributed by atoms with Gasteiger partial charge in [0.1, 0.15) is 60.4 Å². The molecule has 0 spiro atoms. The second-order valence-electron chi connectivity index (χ2n) is 18.4. The first kappa shape index (κ1) is 57.3. The second-order valence-corrected chi connectivity index (χ2v) is 18.4. The fourth-order valence-electron chi connectivity index (χ4n) is 8.41. The Kier molecular flexibility index (Phi) is 21.8. The minimum absolute atomic E-state index is 0.0137. The molecule has 1 unspecified atom stereocenters. The van der Waals surface area contributed by atoms with E-state index in [1.54, 1.807) is 44.2 Å². The largest absolute Gasteiger partial charge is 0.508 e. The van der Waals surface area contributed by atoms with Gasteiger partial charge >= 0.3 is 11.9 Å². The van der Waals surface area contributed by atoms with Gasteiger partial charge < -0.3 is 67.9 Å². The molecule has 0 saturated carbocycles. The van der Waals surface area contributed by atoms with Crippen LogP contribution in [0.1, 0.15) is 96.6 Å². The molecule has 7 amide bonds. The maximum Gasteiger partial charge on any atom is 0.329 e. The highest BCUT2D eigenvalue weighted by molar-refractivity contribution is 5.99. The van der Waals surface area contributed by atoms with Gasteiger partial charge in [-0.1, -0.05) is 76.1 Å². The summed E-state index contributed by atoms with van der Waals surface area (Å²) in [7, 11) is 1.33. The SMILES string of the molecule is CCCCCC(=O)NC(CC(=O)O)C(=O)N[C@@H]1C(=O)N[C@@H](CCCN=C(N)N)C(=O)N[C@H]2CC[C@@H](O)N(C2=O)[C@@H](Cc2ccccc2)C(=O)N(C)[C@@H](Cc2ccc(O)cc2)C(=O)N[C@@H](C(C)C)C(=O)O[C@H]1C. The maximum atomic E-state index is 15.1. The Bertz CT molecular complexity index is 2260. The van der Waals surface area contributed by atoms with Gasteiger partial charge in [0.2, 0.25) is 41.4 Å². The lowest BCUT2D eigenvalue weighted by molar-refractivity contribution is -0.165. The van der Waals surface area contributed by atoms with Crippen molar-refractivity contribution in [2.45, 2.75) is 153 Å². The Morgan fingerprint density at radius 2 is 1.50 bits per heavy atom. The molecule has 23 nitrogen and oxygen atoms in total. The number of hydrogen-bond acceptors (Lipinski definition) is 13. The lowest BCUT2D eigenvalue weighted by atomic mass is 9.95. The third-order valence-corrected chi connectivity index (χ3v) is 12.5. The van der Waals surface area contributed by atoms with Gasteiger partial charge in [0.15, 0.2) is 5.96 Å². The number of esters is 1. The number of nitrogens with one attached hydrogen (secondary N) is 5. The summed E-state index contributed by atoms with van der Waals surface area (Å²) in [5.41, 5.74) is 12.1. The third-order valence-electron chi connectivity index (χ3n) is 12.5. The van der Waals surface area contributed by atoms with Gasteiger partial charge in [-0.05, 0) is 68.2 Å². The highest BCUT2D eigenvalue weighted by Crippen LogP contribution is 2.26. The van der Waals surface area contributed by atoms with E-state index in [4.69, 9.17) is 16.2 Å². The number of carbonyl (C=O) groups excluding carboxylic acids is 8. The summed E-state index contributed by atoms with van der Waals surface area (Å²) in [6.45, 7) is 6.31. The Labute approximate surface area is 418 Å². The number of piperidine rings is 1. The summed E-state index contributed by atoms with van der Waals surface area (Å²) in [4.78, 5) is 132. The molecule has 2 bridgehead atoms. The monoisotopic (exact) mass is 1010 g/mol. The number of aromatic hydroxyl groups is 1. The number of carbonyl (C=O) groups is 9. The van der Waals surface area contributed by atoms with Crippen LogP contribution < -0.4 is 38.1 Å². The number of benzene rings is 2. The standard InChI is InChI=1S/C49H70N10O13/c1-6-7-9-16-37(61)53-34(26-39(63)64)43(66)57-41-28(4)72-48(71)40(27(2)3)56-44(67)35(24-30-17-19-31(60)20-18-30)58(5)47(70)36(25-29-13-10-8-11-14-29)59-38(62)22-21-33(46(59)69)55-42(65)32(54-45(41)68)15-12-23-52-49(50)51/h8,10-11,13-14,17-20,27-28,32-36,38,40-41,60,62H,6-7,9,12,15-16,21-26H2,1-5H3,(H,53,61)(H,54,68)(H,55,65)(H,56,67)(H,57,66)(H,63,64)(H4,50,51,52)/t28-,32-,33-,34?,35-,36-,38+,40-,41-/m0/s1. The molecule has 2 aromatic rings. The number of carboxylic acid groups (broad SMARTS) is 1. The van der Waals surface area contributed by atoms with Crippen LogP contribution in [0.5, 0.6) is 5.75 Å². The molecule has 0 aromatic heterocycles. The smallest absolute Gasteiger partial charge is 0.329 e. The number of amides is 7. The predicted octanol–water partition coefficient (Wildman–Crippen LogP) is -0.552. The van der Waals surface area contributed by atoms with Crippen molar-refractivity contribution in [3.63, 3.8) is 0 Å². The zero-order valence-electron chi connectivity index (χ0n) is 41.4. The average molecular weight is 1010 g/mol. The molecule has 2 aliphatic rings. The summed E-state index contributed by atoms with van der Waals surface area (Å²) in [6.07, 6.45) is -2.82. The van der Waals surface area contributed by atoms with E-state index < -0.39 is 120 Å². The van der Waals surface area contributed by atoms with Gasteiger partial charge in [-0.2, -0.15) is 0 Å². The van der Waals surface area contributed by atoms with Crippen LogP contribution in [0.3, 0.4) is 0 Å². The van der Waals surface area contributed by atoms with Crippen molar-refractivity contribution < 1.29 is 63.2 Å². The van der Waals surface area contributed by atoms with Gasteiger partial charge in [-0.25, -0.2) is 4.79 Å². The van der Waals surface area contributed by atoms with E-state index in [0.717, 1.165) is 16.2 Å². The van der Waals surface area contributed by atoms with Crippen molar-refractivity contribution in [1.82, 2.24) is 36.4 Å². The number of phenolic OH excluding ortho intramolecular Hbond substituents is 1. The van der Waals surface area contributed by atoms with Crippen LogP contribution >= 0.6 is 0 Å². The van der Waals surface area contributed by atoms with Gasteiger partial charge in [0.25, 0.3) is 0 Å². The molecule has 12 N–H and O–H groups in total. The van der Waals surface area contributed by atoms with Gasteiger partial charge in [-0.15, -0.1) is 0 Å². The molecule has 9 atom stereocenters. The molecule has 0 aliphatic carbocycles. The summed E-state index contributed by atoms with van der Waals surface area (Å²) in [5.74, 6) is -9.91. The van der Waals surface area contributed by atoms with E-state index >= 15 is 4.79 Å². The first-order chi connectivity index (χ1) is 34.1. The van der Waals surface area contributed by atoms with Crippen LogP contribution in [0.15, 0.2) is 59.6 Å². The quantitative estimate of drug-likeness (QED) is 0.0388. The molecular weight excluding hydrogens is 937 g/mol. The van der Waals surface area contributed by atoms with Gasteiger partial charge in [-0.3, -0.25) is 43.3 Å². The second kappa shape index (κ2) is 27.3. The van der Waals surface area contributed by atoms with Crippen molar-refractivity contribution in [2.75, 3.05) is 13.6 Å². The zero-order chi connectivity index (χ0) is 53.2. The molecule has 2 fully saturated rings.